The molecule has 0 amide bonds. The number of aromatic amines is 1. The molecule has 0 unspecified atom stereocenters. The summed E-state index contributed by atoms with van der Waals surface area (Å²) in [5, 5.41) is 13.3. The molecular weight excluding hydrogens is 308 g/mol. The second-order valence-electron chi connectivity index (χ2n) is 6.18. The molecule has 0 aliphatic carbocycles. The molecule has 23 heavy (non-hydrogen) atoms. The van der Waals surface area contributed by atoms with Gasteiger partial charge in [0.25, 0.3) is 0 Å². The second-order valence-corrected chi connectivity index (χ2v) is 6.42. The first kappa shape index (κ1) is 17.0. The fourth-order valence-corrected chi connectivity index (χ4v) is 2.15. The van der Waals surface area contributed by atoms with Crippen LogP contribution in [0.25, 0.3) is 0 Å². The molecule has 122 valence electrons. The van der Waals surface area contributed by atoms with Gasteiger partial charge in [-0.3, -0.25) is 10.1 Å². The van der Waals surface area contributed by atoms with Gasteiger partial charge in [-0.05, 0) is 18.2 Å². The molecule has 0 fully saturated rings. The number of thiocarbonyl (C=S) groups is 1. The largest absolute Gasteiger partial charge is 0.397 e. The van der Waals surface area contributed by atoms with Gasteiger partial charge in [-0.2, -0.15) is 5.10 Å². The number of nitrogens with zero attached hydrogens (tertiary/aromatic N) is 2. The average Bonchev–Trinajstić information content (AvgIpc) is 2.96. The highest BCUT2D eigenvalue weighted by Crippen LogP contribution is 2.33. The number of nitrogen functional groups attached to an aromatic ring is 1. The number of benzene rings is 1. The molecule has 0 bridgehead atoms. The Bertz CT molecular complexity index is 727. The van der Waals surface area contributed by atoms with E-state index in [1.165, 1.54) is 5.49 Å². The van der Waals surface area contributed by atoms with Crippen LogP contribution in [0.2, 0.25) is 0 Å². The van der Waals surface area contributed by atoms with Crippen molar-refractivity contribution in [1.82, 2.24) is 10.2 Å². The van der Waals surface area contributed by atoms with Crippen molar-refractivity contribution >= 4 is 46.7 Å². The second kappa shape index (κ2) is 6.78. The molecule has 0 atom stereocenters. The Morgan fingerprint density at radius 3 is 2.57 bits per heavy atom. The lowest BCUT2D eigenvalue weighted by Gasteiger charge is -2.14. The lowest BCUT2D eigenvalue weighted by atomic mass is 9.92. The van der Waals surface area contributed by atoms with Gasteiger partial charge in [-0.15, -0.1) is 0 Å². The van der Waals surface area contributed by atoms with Crippen molar-refractivity contribution in [3.63, 3.8) is 0 Å². The summed E-state index contributed by atoms with van der Waals surface area (Å²) < 4.78 is 0. The molecule has 0 saturated heterocycles. The van der Waals surface area contributed by atoms with Crippen LogP contribution in [0, 0.1) is 0 Å². The van der Waals surface area contributed by atoms with Gasteiger partial charge in [0.1, 0.15) is 5.69 Å². The summed E-state index contributed by atoms with van der Waals surface area (Å²) in [5.74, 6) is 0. The van der Waals surface area contributed by atoms with Gasteiger partial charge in [0.15, 0.2) is 0 Å². The predicted octanol–water partition coefficient (Wildman–Crippen LogP) is 3.45. The Kier molecular flexibility index (Phi) is 5.00. The van der Waals surface area contributed by atoms with E-state index in [0.29, 0.717) is 5.69 Å². The van der Waals surface area contributed by atoms with Gasteiger partial charge in [0.2, 0.25) is 0 Å². The molecule has 1 aromatic carbocycles. The van der Waals surface area contributed by atoms with Gasteiger partial charge in [0, 0.05) is 18.2 Å². The Labute approximate surface area is 141 Å². The van der Waals surface area contributed by atoms with Crippen LogP contribution < -0.4 is 16.4 Å². The number of aromatic nitrogens is 2. The topological polar surface area (TPSA) is 91.1 Å². The van der Waals surface area contributed by atoms with E-state index in [9.17, 15) is 0 Å². The molecule has 5 N–H and O–H groups in total. The lowest BCUT2D eigenvalue weighted by Crippen LogP contribution is -2.11. The quantitative estimate of drug-likeness (QED) is 0.383. The van der Waals surface area contributed by atoms with E-state index >= 15 is 0 Å². The smallest absolute Gasteiger partial charge is 0.103 e. The van der Waals surface area contributed by atoms with Crippen molar-refractivity contribution in [3.8, 4) is 0 Å². The van der Waals surface area contributed by atoms with Crippen molar-refractivity contribution in [1.29, 1.82) is 0 Å². The number of nitrogens with two attached hydrogens (primary N) is 1. The van der Waals surface area contributed by atoms with Crippen LogP contribution in [0.4, 0.5) is 22.7 Å². The Morgan fingerprint density at radius 1 is 1.26 bits per heavy atom. The Hall–Kier alpha value is -2.41. The molecule has 1 heterocycles. The molecule has 0 spiro atoms. The van der Waals surface area contributed by atoms with Gasteiger partial charge in [-0.25, -0.2) is 0 Å². The number of aliphatic imine (C=N–C) groups is 1. The minimum Gasteiger partial charge on any atom is -0.397 e. The van der Waals surface area contributed by atoms with Gasteiger partial charge < -0.3 is 16.4 Å². The summed E-state index contributed by atoms with van der Waals surface area (Å²) in [4.78, 5) is 4.49. The lowest BCUT2D eigenvalue weighted by molar-refractivity contribution is 0.567. The van der Waals surface area contributed by atoms with E-state index < -0.39 is 0 Å². The normalized spacial score (nSPS) is 11.7. The third-order valence-electron chi connectivity index (χ3n) is 3.39. The van der Waals surface area contributed by atoms with Gasteiger partial charge in [-0.1, -0.05) is 33.0 Å². The maximum absolute atomic E-state index is 6.01. The van der Waals surface area contributed by atoms with Crippen LogP contribution in [0.15, 0.2) is 23.2 Å². The van der Waals surface area contributed by atoms with Gasteiger partial charge >= 0.3 is 0 Å². The number of anilines is 3. The summed E-state index contributed by atoms with van der Waals surface area (Å²) in [6, 6.07) is 5.66. The number of H-pyrrole nitrogens is 1. The van der Waals surface area contributed by atoms with Crippen LogP contribution >= 0.6 is 12.2 Å². The number of rotatable bonds is 5. The van der Waals surface area contributed by atoms with Crippen LogP contribution in [-0.4, -0.2) is 29.0 Å². The predicted molar refractivity (Wildman–Crippen MR) is 102 cm³/mol. The zero-order chi connectivity index (χ0) is 17.0. The number of hydrogen-bond acceptors (Lipinski definition) is 5. The van der Waals surface area contributed by atoms with E-state index in [4.69, 9.17) is 18.0 Å². The monoisotopic (exact) mass is 330 g/mol. The highest BCUT2D eigenvalue weighted by atomic mass is 32.1. The summed E-state index contributed by atoms with van der Waals surface area (Å²) in [7, 11) is 1.83. The molecule has 6 nitrogen and oxygen atoms in total. The Morgan fingerprint density at radius 2 is 2.00 bits per heavy atom. The summed E-state index contributed by atoms with van der Waals surface area (Å²) in [5.41, 5.74) is 12.2. The summed E-state index contributed by atoms with van der Waals surface area (Å²) in [6.07, 6.45) is 1.72. The molecule has 0 radical (unpaired) electrons. The van der Waals surface area contributed by atoms with Crippen LogP contribution in [0.5, 0.6) is 0 Å². The van der Waals surface area contributed by atoms with E-state index in [2.05, 4.69) is 46.6 Å². The van der Waals surface area contributed by atoms with Crippen molar-refractivity contribution < 1.29 is 0 Å². The SMILES string of the molecule is CNc1cc(NC=S)c(N)cc1N=Cc1cc(C(C)(C)C)[nH]n1. The van der Waals surface area contributed by atoms with E-state index in [1.807, 2.05) is 19.2 Å². The van der Waals surface area contributed by atoms with Crippen molar-refractivity contribution in [2.24, 2.45) is 4.99 Å². The third-order valence-corrected chi connectivity index (χ3v) is 3.51. The summed E-state index contributed by atoms with van der Waals surface area (Å²) >= 11 is 4.80. The Balaban J connectivity index is 2.30. The fourth-order valence-electron chi connectivity index (χ4n) is 2.02. The zero-order valence-electron chi connectivity index (χ0n) is 13.8. The highest BCUT2D eigenvalue weighted by molar-refractivity contribution is 7.79. The van der Waals surface area contributed by atoms with Crippen LogP contribution in [0.1, 0.15) is 32.2 Å². The summed E-state index contributed by atoms with van der Waals surface area (Å²) in [6.45, 7) is 6.38. The number of nitrogens with one attached hydrogen (secondary N) is 3. The number of hydrogen-bond donors (Lipinski definition) is 4. The van der Waals surface area contributed by atoms with E-state index in [1.54, 1.807) is 12.3 Å². The molecule has 2 rings (SSSR count). The highest BCUT2D eigenvalue weighted by Gasteiger charge is 2.16. The molecule has 7 heteroatoms. The minimum absolute atomic E-state index is 0.0215. The van der Waals surface area contributed by atoms with Crippen LogP contribution in [0.3, 0.4) is 0 Å². The first-order chi connectivity index (χ1) is 10.8. The van der Waals surface area contributed by atoms with Gasteiger partial charge in [0.05, 0.1) is 34.5 Å². The minimum atomic E-state index is 0.0215. The van der Waals surface area contributed by atoms with E-state index in [-0.39, 0.29) is 5.41 Å². The van der Waals surface area contributed by atoms with Crippen molar-refractivity contribution in [2.75, 3.05) is 23.4 Å². The molecule has 0 aliphatic heterocycles. The molecule has 1 aromatic heterocycles. The first-order valence-corrected chi connectivity index (χ1v) is 7.73. The third kappa shape index (κ3) is 4.07. The fraction of sp³-hybridized carbons (Fsp3) is 0.312. The van der Waals surface area contributed by atoms with Crippen molar-refractivity contribution in [3.05, 3.63) is 29.6 Å². The molecule has 0 aliphatic rings. The van der Waals surface area contributed by atoms with E-state index in [0.717, 1.165) is 28.5 Å². The molecular formula is C16H22N6S. The average molecular weight is 330 g/mol. The molecule has 0 saturated carbocycles. The zero-order valence-corrected chi connectivity index (χ0v) is 14.6. The standard InChI is InChI=1S/C16H22N6S/c1-16(2,3)15-5-10(21-22-15)8-19-14-6-11(17)12(20-9-23)7-13(14)18-4/h5-9,18H,17H2,1-4H3,(H,20,23)(H,21,22). The maximum atomic E-state index is 6.01. The first-order valence-electron chi connectivity index (χ1n) is 7.26. The van der Waals surface area contributed by atoms with Crippen molar-refractivity contribution in [2.45, 2.75) is 26.2 Å². The maximum Gasteiger partial charge on any atom is 0.103 e. The molecule has 2 aromatic rings. The van der Waals surface area contributed by atoms with Crippen LogP contribution in [-0.2, 0) is 5.41 Å².